The van der Waals surface area contributed by atoms with Crippen LogP contribution in [-0.4, -0.2) is 39.4 Å². The zero-order valence-electron chi connectivity index (χ0n) is 11.6. The zero-order valence-corrected chi connectivity index (χ0v) is 12.5. The van der Waals surface area contributed by atoms with Crippen molar-refractivity contribution in [2.75, 3.05) is 19.3 Å². The van der Waals surface area contributed by atoms with Gasteiger partial charge in [-0.15, -0.1) is 0 Å². The van der Waals surface area contributed by atoms with Gasteiger partial charge >= 0.3 is 5.97 Å². The third-order valence-corrected chi connectivity index (χ3v) is 3.87. The van der Waals surface area contributed by atoms with E-state index in [1.165, 1.54) is 6.08 Å². The average molecular weight is 273 g/mol. The lowest BCUT2D eigenvalue weighted by Gasteiger charge is -2.28. The number of hydrogen-bond donors (Lipinski definition) is 0. The fourth-order valence-corrected chi connectivity index (χ4v) is 2.60. The Kier molecular flexibility index (Phi) is 5.53. The summed E-state index contributed by atoms with van der Waals surface area (Å²) in [6.45, 7) is 7.22. The summed E-state index contributed by atoms with van der Waals surface area (Å²) in [5, 5.41) is 0. The molecule has 0 aromatic carbocycles. The lowest BCUT2D eigenvalue weighted by molar-refractivity contribution is -0.148. The van der Waals surface area contributed by atoms with Gasteiger partial charge in [0.2, 0.25) is 0 Å². The quantitative estimate of drug-likeness (QED) is 0.583. The number of carbonyl (C=O) groups excluding carboxylic acids is 1. The smallest absolute Gasteiger partial charge is 0.330 e. The van der Waals surface area contributed by atoms with Gasteiger partial charge in [-0.1, -0.05) is 6.08 Å². The van der Waals surface area contributed by atoms with E-state index in [0.717, 1.165) is 25.9 Å². The number of esters is 1. The molecule has 0 amide bonds. The largest absolute Gasteiger partial charge is 0.457 e. The van der Waals surface area contributed by atoms with E-state index < -0.39 is 16.6 Å². The van der Waals surface area contributed by atoms with Crippen LogP contribution in [0.25, 0.3) is 0 Å². The molecule has 1 rings (SSSR count). The normalized spacial score (nSPS) is 21.1. The molecule has 1 saturated heterocycles. The number of carbonyl (C=O) groups is 1. The number of rotatable bonds is 3. The first-order valence-corrected chi connectivity index (χ1v) is 7.79. The number of allylic oxidation sites excluding steroid dienone is 1. The van der Waals surface area contributed by atoms with E-state index in [1.54, 1.807) is 6.26 Å². The van der Waals surface area contributed by atoms with Crippen LogP contribution in [0.3, 0.4) is 0 Å². The molecule has 18 heavy (non-hydrogen) atoms. The fraction of sp³-hybridized carbons (Fsp3) is 0.769. The Morgan fingerprint density at radius 3 is 2.33 bits per heavy atom. The monoisotopic (exact) mass is 273 g/mol. The number of ether oxygens (including phenoxy) is 1. The van der Waals surface area contributed by atoms with Gasteiger partial charge in [-0.25, -0.2) is 13.3 Å². The molecule has 0 saturated carbocycles. The van der Waals surface area contributed by atoms with Gasteiger partial charge in [-0.2, -0.15) is 0 Å². The van der Waals surface area contributed by atoms with E-state index >= 15 is 0 Å². The summed E-state index contributed by atoms with van der Waals surface area (Å²) in [4.78, 5) is 11.5. The van der Waals surface area contributed by atoms with Crippen molar-refractivity contribution in [3.05, 3.63) is 12.2 Å². The number of piperidine rings is 1. The lowest BCUT2D eigenvalue weighted by atomic mass is 9.98. The van der Waals surface area contributed by atoms with Crippen molar-refractivity contribution >= 4 is 17.0 Å². The molecule has 1 aliphatic rings. The third kappa shape index (κ3) is 5.78. The fourth-order valence-electron chi connectivity index (χ4n) is 1.88. The minimum absolute atomic E-state index is 0.288. The Labute approximate surface area is 112 Å². The topological polar surface area (TPSA) is 46.6 Å². The van der Waals surface area contributed by atoms with Crippen molar-refractivity contribution in [1.82, 2.24) is 4.31 Å². The number of nitrogens with zero attached hydrogens (tertiary/aromatic N) is 1. The van der Waals surface area contributed by atoms with E-state index in [9.17, 15) is 9.00 Å². The van der Waals surface area contributed by atoms with Crippen LogP contribution in [0.15, 0.2) is 12.2 Å². The second-order valence-electron chi connectivity index (χ2n) is 5.58. The van der Waals surface area contributed by atoms with Gasteiger partial charge in [0, 0.05) is 25.4 Å². The van der Waals surface area contributed by atoms with E-state index in [0.29, 0.717) is 5.92 Å². The van der Waals surface area contributed by atoms with Crippen LogP contribution < -0.4 is 0 Å². The van der Waals surface area contributed by atoms with Crippen molar-refractivity contribution in [1.29, 1.82) is 0 Å². The van der Waals surface area contributed by atoms with Gasteiger partial charge in [0.1, 0.15) is 5.60 Å². The van der Waals surface area contributed by atoms with E-state index in [1.807, 2.05) is 31.2 Å². The molecule has 0 radical (unpaired) electrons. The summed E-state index contributed by atoms with van der Waals surface area (Å²) in [5.74, 6) is 0.0984. The molecular weight excluding hydrogens is 250 g/mol. The van der Waals surface area contributed by atoms with Gasteiger partial charge in [0.05, 0.1) is 11.0 Å². The molecule has 4 nitrogen and oxygen atoms in total. The van der Waals surface area contributed by atoms with Crippen molar-refractivity contribution < 1.29 is 13.7 Å². The maximum Gasteiger partial charge on any atom is 0.330 e. The molecule has 0 aliphatic carbocycles. The van der Waals surface area contributed by atoms with E-state index in [4.69, 9.17) is 4.74 Å². The van der Waals surface area contributed by atoms with Crippen LogP contribution in [0.4, 0.5) is 0 Å². The highest BCUT2D eigenvalue weighted by Gasteiger charge is 2.20. The van der Waals surface area contributed by atoms with Crippen molar-refractivity contribution in [2.24, 2.45) is 5.92 Å². The predicted molar refractivity (Wildman–Crippen MR) is 73.3 cm³/mol. The van der Waals surface area contributed by atoms with Crippen LogP contribution in [0.1, 0.15) is 33.6 Å². The Hall–Kier alpha value is -0.680. The Bertz CT molecular complexity index is 339. The summed E-state index contributed by atoms with van der Waals surface area (Å²) < 4.78 is 18.4. The van der Waals surface area contributed by atoms with Crippen molar-refractivity contribution in [3.63, 3.8) is 0 Å². The van der Waals surface area contributed by atoms with Gasteiger partial charge in [-0.05, 0) is 39.5 Å². The highest BCUT2D eigenvalue weighted by Crippen LogP contribution is 2.19. The van der Waals surface area contributed by atoms with Gasteiger partial charge < -0.3 is 4.74 Å². The van der Waals surface area contributed by atoms with Crippen LogP contribution in [0.5, 0.6) is 0 Å². The lowest BCUT2D eigenvalue weighted by Crippen LogP contribution is -2.34. The summed E-state index contributed by atoms with van der Waals surface area (Å²) >= 11 is 0. The van der Waals surface area contributed by atoms with Gasteiger partial charge in [0.15, 0.2) is 0 Å². The SMILES string of the molecule is CS(=O)N1CCC(/C=C/C(=O)OC(C)(C)C)CC1. The first kappa shape index (κ1) is 15.4. The molecule has 1 aliphatic heterocycles. The van der Waals surface area contributed by atoms with E-state index in [2.05, 4.69) is 0 Å². The van der Waals surface area contributed by atoms with Gasteiger partial charge in [0.25, 0.3) is 0 Å². The van der Waals surface area contributed by atoms with Crippen LogP contribution in [0, 0.1) is 5.92 Å². The van der Waals surface area contributed by atoms with Crippen LogP contribution in [-0.2, 0) is 20.5 Å². The number of hydrogen-bond acceptors (Lipinski definition) is 3. The summed E-state index contributed by atoms with van der Waals surface area (Å²) in [7, 11) is -0.875. The van der Waals surface area contributed by atoms with Gasteiger partial charge in [-0.3, -0.25) is 0 Å². The Morgan fingerprint density at radius 2 is 1.89 bits per heavy atom. The first-order chi connectivity index (χ1) is 8.28. The molecule has 1 heterocycles. The van der Waals surface area contributed by atoms with Crippen LogP contribution >= 0.6 is 0 Å². The van der Waals surface area contributed by atoms with Crippen molar-refractivity contribution in [3.8, 4) is 0 Å². The Morgan fingerprint density at radius 1 is 1.33 bits per heavy atom. The predicted octanol–water partition coefficient (Wildman–Crippen LogP) is 1.89. The second kappa shape index (κ2) is 6.48. The highest BCUT2D eigenvalue weighted by molar-refractivity contribution is 7.81. The highest BCUT2D eigenvalue weighted by atomic mass is 32.2. The molecule has 0 bridgehead atoms. The average Bonchev–Trinajstić information content (AvgIpc) is 2.24. The molecule has 1 atom stereocenters. The molecule has 0 N–H and O–H groups in total. The molecule has 0 aromatic rings. The zero-order chi connectivity index (χ0) is 13.8. The summed E-state index contributed by atoms with van der Waals surface area (Å²) in [5.41, 5.74) is -0.441. The van der Waals surface area contributed by atoms with Crippen LogP contribution in [0.2, 0.25) is 0 Å². The second-order valence-corrected chi connectivity index (χ2v) is 6.95. The minimum atomic E-state index is -0.875. The molecule has 5 heteroatoms. The molecule has 1 fully saturated rings. The Balaban J connectivity index is 2.36. The maximum absolute atomic E-state index is 11.5. The standard InChI is InChI=1S/C13H23NO3S/c1-13(2,3)17-12(15)6-5-11-7-9-14(10-8-11)18(4)16/h5-6,11H,7-10H2,1-4H3/b6-5+. The first-order valence-electron chi connectivity index (χ1n) is 6.27. The maximum atomic E-state index is 11.5. The molecule has 1 unspecified atom stereocenters. The molecule has 104 valence electrons. The molecular formula is C13H23NO3S. The minimum Gasteiger partial charge on any atom is -0.457 e. The summed E-state index contributed by atoms with van der Waals surface area (Å²) in [6.07, 6.45) is 7.03. The molecule has 0 aromatic heterocycles. The van der Waals surface area contributed by atoms with E-state index in [-0.39, 0.29) is 5.97 Å². The molecule has 0 spiro atoms. The van der Waals surface area contributed by atoms with Crippen molar-refractivity contribution in [2.45, 2.75) is 39.2 Å². The third-order valence-electron chi connectivity index (χ3n) is 2.77. The summed E-state index contributed by atoms with van der Waals surface area (Å²) in [6, 6.07) is 0.